The molecular formula is C18H17F3N2O4. The van der Waals surface area contributed by atoms with E-state index in [0.717, 1.165) is 12.1 Å². The number of hydrogen-bond acceptors (Lipinski definition) is 4. The number of anilines is 1. The molecule has 0 fully saturated rings. The lowest BCUT2D eigenvalue weighted by Crippen LogP contribution is -2.30. The fourth-order valence-electron chi connectivity index (χ4n) is 2.56. The Hall–Kier alpha value is -2.94. The van der Waals surface area contributed by atoms with Crippen LogP contribution in [0.4, 0.5) is 23.7 Å². The molecule has 2 aromatic carbocycles. The summed E-state index contributed by atoms with van der Waals surface area (Å²) in [5, 5.41) is 15.0. The summed E-state index contributed by atoms with van der Waals surface area (Å²) in [4.78, 5) is 11.8. The number of rotatable bonds is 5. The lowest BCUT2D eigenvalue weighted by atomic mass is 10.1. The van der Waals surface area contributed by atoms with Gasteiger partial charge < -0.3 is 25.2 Å². The predicted molar refractivity (Wildman–Crippen MR) is 90.6 cm³/mol. The Morgan fingerprint density at radius 1 is 1.15 bits per heavy atom. The van der Waals surface area contributed by atoms with Crippen LogP contribution >= 0.6 is 0 Å². The van der Waals surface area contributed by atoms with Gasteiger partial charge in [0.1, 0.15) is 0 Å². The topological polar surface area (TPSA) is 79.8 Å². The number of hydrogen-bond donors (Lipinski definition) is 3. The Morgan fingerprint density at radius 3 is 2.70 bits per heavy atom. The van der Waals surface area contributed by atoms with Gasteiger partial charge in [-0.15, -0.1) is 0 Å². The van der Waals surface area contributed by atoms with Crippen molar-refractivity contribution < 1.29 is 32.5 Å². The molecular weight excluding hydrogens is 365 g/mol. The van der Waals surface area contributed by atoms with Crippen molar-refractivity contribution in [2.24, 2.45) is 0 Å². The number of urea groups is 1. The third-order valence-electron chi connectivity index (χ3n) is 3.93. The molecule has 0 spiro atoms. The Bertz CT molecular complexity index is 826. The summed E-state index contributed by atoms with van der Waals surface area (Å²) in [6.07, 6.45) is -5.10. The van der Waals surface area contributed by atoms with Gasteiger partial charge in [0, 0.05) is 12.2 Å². The number of carbonyl (C=O) groups is 1. The van der Waals surface area contributed by atoms with Crippen molar-refractivity contribution in [3.8, 4) is 11.5 Å². The number of alkyl halides is 3. The molecule has 27 heavy (non-hydrogen) atoms. The van der Waals surface area contributed by atoms with Crippen LogP contribution in [-0.2, 0) is 6.18 Å². The Kier molecular flexibility index (Phi) is 5.41. The summed E-state index contributed by atoms with van der Waals surface area (Å²) >= 11 is 0. The van der Waals surface area contributed by atoms with E-state index in [2.05, 4.69) is 10.6 Å². The van der Waals surface area contributed by atoms with Crippen LogP contribution in [-0.4, -0.2) is 24.5 Å². The van der Waals surface area contributed by atoms with E-state index in [0.29, 0.717) is 17.1 Å². The van der Waals surface area contributed by atoms with E-state index in [9.17, 15) is 23.1 Å². The van der Waals surface area contributed by atoms with E-state index < -0.39 is 23.9 Å². The summed E-state index contributed by atoms with van der Waals surface area (Å²) in [7, 11) is 0. The van der Waals surface area contributed by atoms with Crippen LogP contribution in [0.1, 0.15) is 23.7 Å². The third kappa shape index (κ3) is 4.82. The number of aliphatic hydroxyl groups excluding tert-OH is 1. The second kappa shape index (κ2) is 7.75. The van der Waals surface area contributed by atoms with E-state index in [1.54, 1.807) is 18.2 Å². The second-order valence-corrected chi connectivity index (χ2v) is 5.88. The van der Waals surface area contributed by atoms with Gasteiger partial charge >= 0.3 is 12.2 Å². The molecule has 0 saturated carbocycles. The van der Waals surface area contributed by atoms with Gasteiger partial charge in [0.05, 0.1) is 11.7 Å². The minimum Gasteiger partial charge on any atom is -0.454 e. The van der Waals surface area contributed by atoms with Crippen molar-refractivity contribution in [1.82, 2.24) is 5.32 Å². The monoisotopic (exact) mass is 382 g/mol. The van der Waals surface area contributed by atoms with Gasteiger partial charge in [0.25, 0.3) is 0 Å². The van der Waals surface area contributed by atoms with Crippen molar-refractivity contribution in [3.63, 3.8) is 0 Å². The smallest absolute Gasteiger partial charge is 0.416 e. The molecule has 9 heteroatoms. The first kappa shape index (κ1) is 18.8. The molecule has 0 unspecified atom stereocenters. The Labute approximate surface area is 152 Å². The molecule has 1 aliphatic heterocycles. The maximum Gasteiger partial charge on any atom is 0.416 e. The molecule has 3 rings (SSSR count). The molecule has 144 valence electrons. The van der Waals surface area contributed by atoms with Crippen molar-refractivity contribution in [3.05, 3.63) is 53.6 Å². The molecule has 3 N–H and O–H groups in total. The standard InChI is InChI=1S/C18H17F3N2O4/c19-18(20,21)12-2-1-3-13(9-12)23-17(25)22-7-6-14(24)11-4-5-15-16(8-11)27-10-26-15/h1-5,8-9,14,24H,6-7,10H2,(H2,22,23,25)/t14-/m1/s1. The molecule has 0 aromatic heterocycles. The fraction of sp³-hybridized carbons (Fsp3) is 0.278. The molecule has 0 aliphatic carbocycles. The molecule has 1 atom stereocenters. The first-order chi connectivity index (χ1) is 12.8. The number of halogens is 3. The van der Waals surface area contributed by atoms with Crippen molar-refractivity contribution in [2.45, 2.75) is 18.7 Å². The van der Waals surface area contributed by atoms with Crippen LogP contribution in [0.5, 0.6) is 11.5 Å². The summed E-state index contributed by atoms with van der Waals surface area (Å²) in [6.45, 7) is 0.256. The molecule has 2 aromatic rings. The maximum atomic E-state index is 12.7. The normalized spacial score (nSPS) is 13.9. The van der Waals surface area contributed by atoms with Crippen LogP contribution in [0.2, 0.25) is 0 Å². The molecule has 2 amide bonds. The van der Waals surface area contributed by atoms with Gasteiger partial charge in [-0.1, -0.05) is 12.1 Å². The van der Waals surface area contributed by atoms with E-state index in [1.165, 1.54) is 12.1 Å². The summed E-state index contributed by atoms with van der Waals surface area (Å²) in [5.74, 6) is 1.14. The van der Waals surface area contributed by atoms with Gasteiger partial charge in [-0.3, -0.25) is 0 Å². The highest BCUT2D eigenvalue weighted by molar-refractivity contribution is 5.89. The predicted octanol–water partition coefficient (Wildman–Crippen LogP) is 3.68. The summed E-state index contributed by atoms with van der Waals surface area (Å²) in [5.41, 5.74) is -0.212. The quantitative estimate of drug-likeness (QED) is 0.737. The van der Waals surface area contributed by atoms with Gasteiger partial charge in [-0.05, 0) is 42.3 Å². The van der Waals surface area contributed by atoms with Crippen LogP contribution < -0.4 is 20.1 Å². The van der Waals surface area contributed by atoms with Gasteiger partial charge in [0.2, 0.25) is 6.79 Å². The van der Waals surface area contributed by atoms with Crippen molar-refractivity contribution in [2.75, 3.05) is 18.7 Å². The average Bonchev–Trinajstić information content (AvgIpc) is 3.08. The molecule has 6 nitrogen and oxygen atoms in total. The van der Waals surface area contributed by atoms with E-state index in [-0.39, 0.29) is 25.4 Å². The zero-order valence-electron chi connectivity index (χ0n) is 14.0. The maximum absolute atomic E-state index is 12.7. The summed E-state index contributed by atoms with van der Waals surface area (Å²) in [6, 6.07) is 8.72. The fourth-order valence-corrected chi connectivity index (χ4v) is 2.56. The number of fused-ring (bicyclic) bond motifs is 1. The number of nitrogens with one attached hydrogen (secondary N) is 2. The molecule has 1 aliphatic rings. The van der Waals surface area contributed by atoms with Crippen LogP contribution in [0.25, 0.3) is 0 Å². The van der Waals surface area contributed by atoms with Crippen molar-refractivity contribution in [1.29, 1.82) is 0 Å². The number of aliphatic hydroxyl groups is 1. The number of benzene rings is 2. The van der Waals surface area contributed by atoms with Crippen LogP contribution in [0.3, 0.4) is 0 Å². The minimum atomic E-state index is -4.48. The lowest BCUT2D eigenvalue weighted by Gasteiger charge is -2.13. The lowest BCUT2D eigenvalue weighted by molar-refractivity contribution is -0.137. The molecule has 0 saturated heterocycles. The number of ether oxygens (including phenoxy) is 2. The summed E-state index contributed by atoms with van der Waals surface area (Å²) < 4.78 is 48.4. The van der Waals surface area contributed by atoms with Gasteiger partial charge in [0.15, 0.2) is 11.5 Å². The SMILES string of the molecule is O=C(NCC[C@@H](O)c1ccc2c(c1)OCO2)Nc1cccc(C(F)(F)F)c1. The molecule has 0 bridgehead atoms. The Balaban J connectivity index is 1.48. The Morgan fingerprint density at radius 2 is 1.93 bits per heavy atom. The van der Waals surface area contributed by atoms with Gasteiger partial charge in [-0.2, -0.15) is 13.2 Å². The average molecular weight is 382 g/mol. The van der Waals surface area contributed by atoms with E-state index in [4.69, 9.17) is 9.47 Å². The van der Waals surface area contributed by atoms with Crippen molar-refractivity contribution >= 4 is 11.7 Å². The minimum absolute atomic E-state index is 0.0265. The highest BCUT2D eigenvalue weighted by Gasteiger charge is 2.30. The highest BCUT2D eigenvalue weighted by Crippen LogP contribution is 2.34. The first-order valence-electron chi connectivity index (χ1n) is 8.12. The first-order valence-corrected chi connectivity index (χ1v) is 8.12. The highest BCUT2D eigenvalue weighted by atomic mass is 19.4. The molecule has 1 heterocycles. The van der Waals surface area contributed by atoms with Crippen LogP contribution in [0, 0.1) is 0 Å². The van der Waals surface area contributed by atoms with E-state index in [1.807, 2.05) is 0 Å². The third-order valence-corrected chi connectivity index (χ3v) is 3.93. The van der Waals surface area contributed by atoms with E-state index >= 15 is 0 Å². The largest absolute Gasteiger partial charge is 0.454 e. The van der Waals surface area contributed by atoms with Crippen LogP contribution in [0.15, 0.2) is 42.5 Å². The molecule has 0 radical (unpaired) electrons. The second-order valence-electron chi connectivity index (χ2n) is 5.88. The zero-order chi connectivity index (χ0) is 19.4. The number of carbonyl (C=O) groups excluding carboxylic acids is 1. The van der Waals surface area contributed by atoms with Gasteiger partial charge in [-0.25, -0.2) is 4.79 Å². The zero-order valence-corrected chi connectivity index (χ0v) is 14.0. The number of amides is 2.